The maximum absolute atomic E-state index is 12.1. The molecule has 5 nitrogen and oxygen atoms in total. The Balaban J connectivity index is 2.19. The molecule has 0 fully saturated rings. The fourth-order valence-electron chi connectivity index (χ4n) is 1.76. The summed E-state index contributed by atoms with van der Waals surface area (Å²) in [6.45, 7) is 0.413. The van der Waals surface area contributed by atoms with Crippen molar-refractivity contribution >= 4 is 33.5 Å². The van der Waals surface area contributed by atoms with Crippen LogP contribution in [0.15, 0.2) is 46.9 Å². The minimum absolute atomic E-state index is 0.0891. The van der Waals surface area contributed by atoms with Gasteiger partial charge in [-0.1, -0.05) is 12.1 Å². The molecule has 0 atom stereocenters. The number of halogens is 1. The molecule has 0 bridgehead atoms. The summed E-state index contributed by atoms with van der Waals surface area (Å²) in [6, 6.07) is 11.5. The first kappa shape index (κ1) is 15.2. The molecular weight excluding hydrogens is 336 g/mol. The first-order valence-corrected chi connectivity index (χ1v) is 6.94. The molecule has 0 radical (unpaired) electrons. The first-order chi connectivity index (χ1) is 10.0. The zero-order valence-electron chi connectivity index (χ0n) is 11.0. The van der Waals surface area contributed by atoms with Gasteiger partial charge in [0.1, 0.15) is 0 Å². The van der Waals surface area contributed by atoms with Gasteiger partial charge in [0.05, 0.1) is 5.56 Å². The lowest BCUT2D eigenvalue weighted by Crippen LogP contribution is -2.12. The van der Waals surface area contributed by atoms with Gasteiger partial charge in [-0.15, -0.1) is 0 Å². The Labute approximate surface area is 129 Å². The van der Waals surface area contributed by atoms with Gasteiger partial charge in [0.15, 0.2) is 0 Å². The monoisotopic (exact) mass is 348 g/mol. The van der Waals surface area contributed by atoms with Crippen molar-refractivity contribution in [3.8, 4) is 0 Å². The molecule has 108 valence electrons. The standard InChI is InChI=1S/C15H13BrN2O3/c16-13-6-5-11(7-12(13)15(20)21)18-14(19)10-3-1-9(8-17)2-4-10/h1-7H,8,17H2,(H,18,19)(H,20,21). The van der Waals surface area contributed by atoms with Crippen LogP contribution >= 0.6 is 15.9 Å². The lowest BCUT2D eigenvalue weighted by atomic mass is 10.1. The first-order valence-electron chi connectivity index (χ1n) is 6.14. The Hall–Kier alpha value is -2.18. The van der Waals surface area contributed by atoms with Crippen LogP contribution in [0.2, 0.25) is 0 Å². The van der Waals surface area contributed by atoms with E-state index in [1.165, 1.54) is 6.07 Å². The highest BCUT2D eigenvalue weighted by atomic mass is 79.9. The van der Waals surface area contributed by atoms with Gasteiger partial charge >= 0.3 is 5.97 Å². The van der Waals surface area contributed by atoms with Gasteiger partial charge in [-0.3, -0.25) is 4.79 Å². The summed E-state index contributed by atoms with van der Waals surface area (Å²) in [6.07, 6.45) is 0. The molecule has 1 amide bonds. The van der Waals surface area contributed by atoms with E-state index >= 15 is 0 Å². The molecule has 2 aromatic carbocycles. The molecule has 0 aliphatic rings. The number of hydrogen-bond donors (Lipinski definition) is 3. The Morgan fingerprint density at radius 2 is 1.81 bits per heavy atom. The number of amides is 1. The number of carboxylic acids is 1. The number of nitrogens with two attached hydrogens (primary N) is 1. The van der Waals surface area contributed by atoms with Crippen LogP contribution in [0.25, 0.3) is 0 Å². The number of carbonyl (C=O) groups excluding carboxylic acids is 1. The van der Waals surface area contributed by atoms with E-state index in [4.69, 9.17) is 10.8 Å². The molecule has 0 unspecified atom stereocenters. The average molecular weight is 349 g/mol. The maximum atomic E-state index is 12.1. The van der Waals surface area contributed by atoms with Crippen LogP contribution in [-0.2, 0) is 6.54 Å². The van der Waals surface area contributed by atoms with E-state index in [0.717, 1.165) is 5.56 Å². The normalized spacial score (nSPS) is 10.2. The topological polar surface area (TPSA) is 92.4 Å². The zero-order valence-corrected chi connectivity index (χ0v) is 12.6. The summed E-state index contributed by atoms with van der Waals surface area (Å²) in [5.41, 5.74) is 7.42. The van der Waals surface area contributed by atoms with Crippen LogP contribution in [0, 0.1) is 0 Å². The van der Waals surface area contributed by atoms with Crippen molar-refractivity contribution in [1.82, 2.24) is 0 Å². The van der Waals surface area contributed by atoms with Crippen LogP contribution in [0.4, 0.5) is 5.69 Å². The molecule has 0 saturated carbocycles. The molecule has 0 heterocycles. The highest BCUT2D eigenvalue weighted by Crippen LogP contribution is 2.21. The fourth-order valence-corrected chi connectivity index (χ4v) is 2.18. The van der Waals surface area contributed by atoms with Crippen LogP contribution in [0.5, 0.6) is 0 Å². The Kier molecular flexibility index (Phi) is 4.72. The second-order valence-corrected chi connectivity index (χ2v) is 5.21. The van der Waals surface area contributed by atoms with Gasteiger partial charge in [-0.25, -0.2) is 4.79 Å². The predicted molar refractivity (Wildman–Crippen MR) is 83.4 cm³/mol. The van der Waals surface area contributed by atoms with E-state index in [-0.39, 0.29) is 11.5 Å². The number of benzene rings is 2. The van der Waals surface area contributed by atoms with Crippen molar-refractivity contribution in [2.75, 3.05) is 5.32 Å². The number of anilines is 1. The summed E-state index contributed by atoms with van der Waals surface area (Å²) in [5, 5.41) is 11.7. The van der Waals surface area contributed by atoms with Gasteiger partial charge in [0, 0.05) is 22.3 Å². The molecular formula is C15H13BrN2O3. The second kappa shape index (κ2) is 6.51. The molecule has 4 N–H and O–H groups in total. The van der Waals surface area contributed by atoms with Crippen molar-refractivity contribution < 1.29 is 14.7 Å². The number of nitrogens with one attached hydrogen (secondary N) is 1. The summed E-state index contributed by atoms with van der Waals surface area (Å²) < 4.78 is 0.459. The SMILES string of the molecule is NCc1ccc(C(=O)Nc2ccc(Br)c(C(=O)O)c2)cc1. The zero-order chi connectivity index (χ0) is 15.4. The Morgan fingerprint density at radius 3 is 2.38 bits per heavy atom. The number of hydrogen-bond acceptors (Lipinski definition) is 3. The summed E-state index contributed by atoms with van der Waals surface area (Å²) >= 11 is 3.15. The molecule has 0 spiro atoms. The minimum Gasteiger partial charge on any atom is -0.478 e. The molecule has 6 heteroatoms. The van der Waals surface area contributed by atoms with Gasteiger partial charge < -0.3 is 16.2 Å². The van der Waals surface area contributed by atoms with Gasteiger partial charge in [-0.2, -0.15) is 0 Å². The van der Waals surface area contributed by atoms with Crippen LogP contribution in [0.1, 0.15) is 26.3 Å². The van der Waals surface area contributed by atoms with E-state index in [9.17, 15) is 9.59 Å². The Morgan fingerprint density at radius 1 is 1.14 bits per heavy atom. The van der Waals surface area contributed by atoms with E-state index in [2.05, 4.69) is 21.2 Å². The molecule has 0 aliphatic heterocycles. The van der Waals surface area contributed by atoms with Gasteiger partial charge in [0.25, 0.3) is 5.91 Å². The van der Waals surface area contributed by atoms with Crippen molar-refractivity contribution in [3.63, 3.8) is 0 Å². The average Bonchev–Trinajstić information content (AvgIpc) is 2.49. The lowest BCUT2D eigenvalue weighted by Gasteiger charge is -2.08. The van der Waals surface area contributed by atoms with Crippen LogP contribution in [0.3, 0.4) is 0 Å². The van der Waals surface area contributed by atoms with E-state index in [0.29, 0.717) is 22.3 Å². The summed E-state index contributed by atoms with van der Waals surface area (Å²) in [7, 11) is 0. The smallest absolute Gasteiger partial charge is 0.336 e. The third-order valence-electron chi connectivity index (χ3n) is 2.91. The van der Waals surface area contributed by atoms with E-state index in [1.54, 1.807) is 36.4 Å². The molecule has 0 aromatic heterocycles. The Bertz CT molecular complexity index is 684. The van der Waals surface area contributed by atoms with Crippen molar-refractivity contribution in [2.45, 2.75) is 6.54 Å². The van der Waals surface area contributed by atoms with Crippen molar-refractivity contribution in [2.24, 2.45) is 5.73 Å². The predicted octanol–water partition coefficient (Wildman–Crippen LogP) is 2.86. The largest absolute Gasteiger partial charge is 0.478 e. The van der Waals surface area contributed by atoms with Crippen molar-refractivity contribution in [1.29, 1.82) is 0 Å². The number of carbonyl (C=O) groups is 2. The third-order valence-corrected chi connectivity index (χ3v) is 3.60. The summed E-state index contributed by atoms with van der Waals surface area (Å²) in [4.78, 5) is 23.1. The molecule has 0 aliphatic carbocycles. The second-order valence-electron chi connectivity index (χ2n) is 4.35. The number of aromatic carboxylic acids is 1. The van der Waals surface area contributed by atoms with E-state index in [1.807, 2.05) is 0 Å². The highest BCUT2D eigenvalue weighted by molar-refractivity contribution is 9.10. The van der Waals surface area contributed by atoms with Crippen LogP contribution in [-0.4, -0.2) is 17.0 Å². The van der Waals surface area contributed by atoms with Crippen molar-refractivity contribution in [3.05, 3.63) is 63.6 Å². The van der Waals surface area contributed by atoms with Gasteiger partial charge in [0.2, 0.25) is 0 Å². The molecule has 0 saturated heterocycles. The lowest BCUT2D eigenvalue weighted by molar-refractivity contribution is 0.0695. The molecule has 21 heavy (non-hydrogen) atoms. The number of carboxylic acid groups (broad SMARTS) is 1. The maximum Gasteiger partial charge on any atom is 0.336 e. The number of rotatable bonds is 4. The van der Waals surface area contributed by atoms with E-state index < -0.39 is 5.97 Å². The van der Waals surface area contributed by atoms with Crippen LogP contribution < -0.4 is 11.1 Å². The van der Waals surface area contributed by atoms with Gasteiger partial charge in [-0.05, 0) is 51.8 Å². The minimum atomic E-state index is -1.06. The molecule has 2 rings (SSSR count). The summed E-state index contributed by atoms with van der Waals surface area (Å²) in [5.74, 6) is -1.37. The quantitative estimate of drug-likeness (QED) is 0.791. The molecule has 2 aromatic rings. The fraction of sp³-hybridized carbons (Fsp3) is 0.0667. The third kappa shape index (κ3) is 3.68. The highest BCUT2D eigenvalue weighted by Gasteiger charge is 2.11.